The van der Waals surface area contributed by atoms with E-state index in [9.17, 15) is 4.79 Å². The van der Waals surface area contributed by atoms with Gasteiger partial charge in [0.2, 0.25) is 0 Å². The second-order valence-corrected chi connectivity index (χ2v) is 1.92. The molecule has 0 aromatic carbocycles. The lowest BCUT2D eigenvalue weighted by Gasteiger charge is -1.80. The highest BCUT2D eigenvalue weighted by atomic mass is 79.9. The number of hydrogen-bond donors (Lipinski definition) is 1. The van der Waals surface area contributed by atoms with Gasteiger partial charge in [-0.1, -0.05) is 0 Å². The van der Waals surface area contributed by atoms with Crippen molar-refractivity contribution in [3.05, 3.63) is 16.8 Å². The zero-order valence-electron chi connectivity index (χ0n) is 3.80. The molecule has 0 saturated carbocycles. The summed E-state index contributed by atoms with van der Waals surface area (Å²) in [4.78, 5) is 10.3. The molecule has 0 saturated heterocycles. The molecule has 1 heterocycles. The summed E-state index contributed by atoms with van der Waals surface area (Å²) in [6.45, 7) is 0. The molecule has 0 fully saturated rings. The van der Waals surface area contributed by atoms with Gasteiger partial charge in [-0.25, -0.2) is 4.79 Å². The van der Waals surface area contributed by atoms with E-state index in [0.717, 1.165) is 9.86 Å². The van der Waals surface area contributed by atoms with Crippen molar-refractivity contribution < 1.29 is 4.42 Å². The maximum absolute atomic E-state index is 10.3. The summed E-state index contributed by atoms with van der Waals surface area (Å²) < 4.78 is 5.37. The van der Waals surface area contributed by atoms with Crippen molar-refractivity contribution in [3.8, 4) is 0 Å². The van der Waals surface area contributed by atoms with Crippen LogP contribution in [0.2, 0.25) is 0 Å². The number of nitrogens with two attached hydrogens (primary N) is 1. The Labute approximate surface area is 53.2 Å². The molecule has 1 aromatic rings. The van der Waals surface area contributed by atoms with Gasteiger partial charge in [-0.3, -0.25) is 0 Å². The topological polar surface area (TPSA) is 61.2 Å². The highest BCUT2D eigenvalue weighted by Crippen LogP contribution is 1.99. The molecule has 0 aliphatic heterocycles. The van der Waals surface area contributed by atoms with Gasteiger partial charge in [0.25, 0.3) is 0 Å². The number of hydrogen-bond acceptors (Lipinski definition) is 3. The van der Waals surface area contributed by atoms with Gasteiger partial charge in [0.05, 0.1) is 16.1 Å². The third kappa shape index (κ3) is 0.645. The molecule has 0 spiro atoms. The average Bonchev–Trinajstić information content (AvgIpc) is 1.98. The molecule has 8 heavy (non-hydrogen) atoms. The summed E-state index contributed by atoms with van der Waals surface area (Å²) in [5, 5.41) is 0. The zero-order valence-corrected chi connectivity index (χ0v) is 5.38. The minimum atomic E-state index is -0.512. The van der Waals surface area contributed by atoms with Crippen molar-refractivity contribution in [2.75, 3.05) is 5.73 Å². The molecule has 1 aromatic heterocycles. The van der Waals surface area contributed by atoms with Gasteiger partial charge in [0.1, 0.15) is 6.26 Å². The predicted octanol–water partition coefficient (Wildman–Crippen LogP) is 0.182. The van der Waals surface area contributed by atoms with Crippen LogP contribution in [0.25, 0.3) is 0 Å². The van der Waals surface area contributed by atoms with Crippen LogP contribution >= 0.6 is 16.1 Å². The Bertz CT molecular complexity index is 238. The van der Waals surface area contributed by atoms with Crippen LogP contribution in [0.3, 0.4) is 0 Å². The summed E-state index contributed by atoms with van der Waals surface area (Å²) in [6.07, 6.45) is 1.16. The third-order valence-corrected chi connectivity index (χ3v) is 1.37. The van der Waals surface area contributed by atoms with Crippen molar-refractivity contribution in [1.29, 1.82) is 0 Å². The summed E-state index contributed by atoms with van der Waals surface area (Å²) >= 11 is 2.83. The molecular weight excluding hydrogens is 176 g/mol. The Morgan fingerprint density at radius 1 is 1.88 bits per heavy atom. The van der Waals surface area contributed by atoms with Gasteiger partial charge < -0.3 is 10.2 Å². The largest absolute Gasteiger partial charge is 0.430 e. The summed E-state index contributed by atoms with van der Waals surface area (Å²) in [6, 6.07) is 0. The summed E-state index contributed by atoms with van der Waals surface area (Å²) in [7, 11) is 0. The Hall–Kier alpha value is -0.710. The van der Waals surface area contributed by atoms with Gasteiger partial charge in [-0.05, 0) is 0 Å². The minimum absolute atomic E-state index is 0.259. The molecule has 0 amide bonds. The highest BCUT2D eigenvalue weighted by Gasteiger charge is 1.97. The average molecular weight is 179 g/mol. The lowest BCUT2D eigenvalue weighted by molar-refractivity contribution is 0.512. The fourth-order valence-corrected chi connectivity index (χ4v) is 0.476. The van der Waals surface area contributed by atoms with E-state index in [1.807, 2.05) is 0 Å². The first kappa shape index (κ1) is 5.43. The summed E-state index contributed by atoms with van der Waals surface area (Å²) in [5.41, 5.74) is 5.16. The number of aromatic nitrogens is 1. The number of nitrogen functional groups attached to an aromatic ring is 1. The molecule has 1 rings (SSSR count). The fourth-order valence-electron chi connectivity index (χ4n) is 0.309. The predicted molar refractivity (Wildman–Crippen MR) is 31.7 cm³/mol. The summed E-state index contributed by atoms with van der Waals surface area (Å²) in [5.74, 6) is -0.252. The normalized spacial score (nSPS) is 9.62. The Morgan fingerprint density at radius 3 is 2.62 bits per heavy atom. The maximum atomic E-state index is 10.3. The standard InChI is InChI=1S/C3H3BrN2O2/c4-6-2(5)1-8-3(6)7/h1H,5H2. The molecule has 2 N–H and O–H groups in total. The lowest BCUT2D eigenvalue weighted by atomic mass is 10.8. The zero-order chi connectivity index (χ0) is 6.15. The van der Waals surface area contributed by atoms with Crippen molar-refractivity contribution in [2.24, 2.45) is 0 Å². The van der Waals surface area contributed by atoms with Crippen molar-refractivity contribution in [3.63, 3.8) is 0 Å². The maximum Gasteiger partial charge on any atom is 0.430 e. The molecule has 44 valence electrons. The SMILES string of the molecule is Nc1coc(=O)n1Br. The Kier molecular flexibility index (Phi) is 1.13. The molecule has 0 bridgehead atoms. The number of nitrogens with zero attached hydrogens (tertiary/aromatic N) is 1. The van der Waals surface area contributed by atoms with Gasteiger partial charge in [0.15, 0.2) is 5.82 Å². The van der Waals surface area contributed by atoms with E-state index in [0.29, 0.717) is 0 Å². The number of oxazole rings is 1. The van der Waals surface area contributed by atoms with Crippen LogP contribution in [0.5, 0.6) is 0 Å². The van der Waals surface area contributed by atoms with E-state index < -0.39 is 5.76 Å². The smallest absolute Gasteiger partial charge is 0.413 e. The van der Waals surface area contributed by atoms with Gasteiger partial charge in [0, 0.05) is 0 Å². The fraction of sp³-hybridized carbons (Fsp3) is 0. The quantitative estimate of drug-likeness (QED) is 0.617. The number of anilines is 1. The first-order valence-corrected chi connectivity index (χ1v) is 2.55. The van der Waals surface area contributed by atoms with Crippen LogP contribution in [0, 0.1) is 0 Å². The Balaban J connectivity index is 3.41. The van der Waals surface area contributed by atoms with Gasteiger partial charge >= 0.3 is 5.76 Å². The van der Waals surface area contributed by atoms with E-state index in [1.165, 1.54) is 0 Å². The van der Waals surface area contributed by atoms with Crippen LogP contribution in [-0.2, 0) is 0 Å². The van der Waals surface area contributed by atoms with Crippen LogP contribution in [0.1, 0.15) is 0 Å². The monoisotopic (exact) mass is 178 g/mol. The van der Waals surface area contributed by atoms with Crippen molar-refractivity contribution >= 4 is 22.0 Å². The van der Waals surface area contributed by atoms with Gasteiger partial charge in [-0.15, -0.1) is 0 Å². The molecule has 0 radical (unpaired) electrons. The minimum Gasteiger partial charge on any atom is -0.413 e. The number of rotatable bonds is 0. The third-order valence-electron chi connectivity index (χ3n) is 0.667. The molecular formula is C3H3BrN2O2. The second kappa shape index (κ2) is 1.66. The van der Waals surface area contributed by atoms with Crippen LogP contribution in [0.4, 0.5) is 5.82 Å². The molecule has 0 atom stereocenters. The van der Waals surface area contributed by atoms with E-state index in [4.69, 9.17) is 5.73 Å². The van der Waals surface area contributed by atoms with Crippen LogP contribution < -0.4 is 11.5 Å². The van der Waals surface area contributed by atoms with Crippen LogP contribution in [0.15, 0.2) is 15.5 Å². The molecule has 0 aliphatic carbocycles. The van der Waals surface area contributed by atoms with Gasteiger partial charge in [-0.2, -0.15) is 3.59 Å². The molecule has 4 nitrogen and oxygen atoms in total. The van der Waals surface area contributed by atoms with Crippen molar-refractivity contribution in [2.45, 2.75) is 0 Å². The van der Waals surface area contributed by atoms with E-state index >= 15 is 0 Å². The van der Waals surface area contributed by atoms with E-state index in [1.54, 1.807) is 0 Å². The van der Waals surface area contributed by atoms with E-state index in [-0.39, 0.29) is 5.82 Å². The first-order chi connectivity index (χ1) is 3.72. The second-order valence-electron chi connectivity index (χ2n) is 1.21. The molecule has 0 unspecified atom stereocenters. The highest BCUT2D eigenvalue weighted by molar-refractivity contribution is 9.08. The molecule has 5 heteroatoms. The van der Waals surface area contributed by atoms with Crippen LogP contribution in [-0.4, -0.2) is 3.59 Å². The molecule has 0 aliphatic rings. The first-order valence-electron chi connectivity index (χ1n) is 1.84. The Morgan fingerprint density at radius 2 is 2.50 bits per heavy atom. The van der Waals surface area contributed by atoms with E-state index in [2.05, 4.69) is 20.6 Å². The number of halogens is 1. The lowest BCUT2D eigenvalue weighted by Crippen LogP contribution is -2.05. The van der Waals surface area contributed by atoms with Crippen molar-refractivity contribution in [1.82, 2.24) is 3.59 Å².